The number of amides is 1. The summed E-state index contributed by atoms with van der Waals surface area (Å²) in [4.78, 5) is 12.3. The highest BCUT2D eigenvalue weighted by atomic mass is 16.3. The van der Waals surface area contributed by atoms with Crippen LogP contribution in [0.5, 0.6) is 0 Å². The SMILES string of the molecule is CC(CC(=O)Nc1ccccc1C(C)C)NCC(O)C1CCCC1. The van der Waals surface area contributed by atoms with E-state index < -0.39 is 0 Å². The Morgan fingerprint density at radius 2 is 1.88 bits per heavy atom. The molecule has 1 aromatic carbocycles. The minimum atomic E-state index is -0.292. The van der Waals surface area contributed by atoms with Gasteiger partial charge in [0.2, 0.25) is 5.91 Å². The number of aliphatic hydroxyl groups is 1. The zero-order valence-electron chi connectivity index (χ0n) is 15.2. The van der Waals surface area contributed by atoms with E-state index in [4.69, 9.17) is 0 Å². The van der Waals surface area contributed by atoms with Crippen molar-refractivity contribution in [1.82, 2.24) is 5.32 Å². The Labute approximate surface area is 146 Å². The summed E-state index contributed by atoms with van der Waals surface area (Å²) in [5, 5.41) is 16.5. The average molecular weight is 332 g/mol. The number of rotatable bonds is 8. The first-order valence-electron chi connectivity index (χ1n) is 9.27. The van der Waals surface area contributed by atoms with E-state index in [1.54, 1.807) is 0 Å². The molecule has 0 aromatic heterocycles. The maximum absolute atomic E-state index is 12.3. The van der Waals surface area contributed by atoms with E-state index in [1.165, 1.54) is 12.8 Å². The van der Waals surface area contributed by atoms with Gasteiger partial charge in [0.1, 0.15) is 0 Å². The zero-order chi connectivity index (χ0) is 17.5. The van der Waals surface area contributed by atoms with Crippen LogP contribution in [-0.4, -0.2) is 29.7 Å². The summed E-state index contributed by atoms with van der Waals surface area (Å²) in [5.41, 5.74) is 2.05. The Kier molecular flexibility index (Phi) is 7.25. The molecule has 0 bridgehead atoms. The average Bonchev–Trinajstić information content (AvgIpc) is 3.07. The van der Waals surface area contributed by atoms with Gasteiger partial charge < -0.3 is 15.7 Å². The predicted molar refractivity (Wildman–Crippen MR) is 99.2 cm³/mol. The highest BCUT2D eigenvalue weighted by Crippen LogP contribution is 2.27. The highest BCUT2D eigenvalue weighted by molar-refractivity contribution is 5.91. The summed E-state index contributed by atoms with van der Waals surface area (Å²) in [6.45, 7) is 6.82. The van der Waals surface area contributed by atoms with E-state index in [1.807, 2.05) is 25.1 Å². The third kappa shape index (κ3) is 5.60. The topological polar surface area (TPSA) is 61.4 Å². The molecule has 4 nitrogen and oxygen atoms in total. The van der Waals surface area contributed by atoms with Crippen LogP contribution in [0.25, 0.3) is 0 Å². The molecule has 0 heterocycles. The third-order valence-corrected chi connectivity index (χ3v) is 4.97. The maximum Gasteiger partial charge on any atom is 0.225 e. The lowest BCUT2D eigenvalue weighted by atomic mass is 10.0. The first-order chi connectivity index (χ1) is 11.5. The van der Waals surface area contributed by atoms with Crippen LogP contribution in [0.2, 0.25) is 0 Å². The first-order valence-corrected chi connectivity index (χ1v) is 9.27. The number of hydrogen-bond donors (Lipinski definition) is 3. The van der Waals surface area contributed by atoms with Gasteiger partial charge in [-0.1, -0.05) is 44.9 Å². The fraction of sp³-hybridized carbons (Fsp3) is 0.650. The van der Waals surface area contributed by atoms with Crippen molar-refractivity contribution in [2.45, 2.75) is 70.9 Å². The summed E-state index contributed by atoms with van der Waals surface area (Å²) in [5.74, 6) is 0.813. The first kappa shape index (κ1) is 18.9. The van der Waals surface area contributed by atoms with Crippen LogP contribution in [0.15, 0.2) is 24.3 Å². The van der Waals surface area contributed by atoms with Crippen LogP contribution in [0.3, 0.4) is 0 Å². The van der Waals surface area contributed by atoms with Gasteiger partial charge in [0.25, 0.3) is 0 Å². The summed E-state index contributed by atoms with van der Waals surface area (Å²) in [7, 11) is 0. The highest BCUT2D eigenvalue weighted by Gasteiger charge is 2.23. The number of carbonyl (C=O) groups is 1. The number of anilines is 1. The van der Waals surface area contributed by atoms with Crippen molar-refractivity contribution in [3.8, 4) is 0 Å². The van der Waals surface area contributed by atoms with Gasteiger partial charge in [-0.15, -0.1) is 0 Å². The Balaban J connectivity index is 1.77. The molecule has 4 heteroatoms. The van der Waals surface area contributed by atoms with Gasteiger partial charge in [-0.2, -0.15) is 0 Å². The van der Waals surface area contributed by atoms with Crippen LogP contribution in [0, 0.1) is 5.92 Å². The third-order valence-electron chi connectivity index (χ3n) is 4.97. The van der Waals surface area contributed by atoms with Crippen molar-refractivity contribution in [2.75, 3.05) is 11.9 Å². The van der Waals surface area contributed by atoms with E-state index in [0.717, 1.165) is 24.1 Å². The molecule has 1 fully saturated rings. The molecule has 1 saturated carbocycles. The Hall–Kier alpha value is -1.39. The molecule has 2 rings (SSSR count). The molecule has 24 heavy (non-hydrogen) atoms. The molecule has 3 N–H and O–H groups in total. The number of nitrogens with one attached hydrogen (secondary N) is 2. The van der Waals surface area contributed by atoms with Gasteiger partial charge in [0.15, 0.2) is 0 Å². The van der Waals surface area contributed by atoms with E-state index in [9.17, 15) is 9.90 Å². The van der Waals surface area contributed by atoms with Crippen molar-refractivity contribution in [2.24, 2.45) is 5.92 Å². The van der Waals surface area contributed by atoms with Gasteiger partial charge in [0.05, 0.1) is 6.10 Å². The molecule has 1 aromatic rings. The molecule has 1 aliphatic rings. The van der Waals surface area contributed by atoms with Gasteiger partial charge in [0, 0.05) is 24.7 Å². The normalized spacial score (nSPS) is 17.9. The standard InChI is InChI=1S/C20H32N2O2/c1-14(2)17-10-6-7-11-18(17)22-20(24)12-15(3)21-13-19(23)16-8-4-5-9-16/h6-7,10-11,14-16,19,21,23H,4-5,8-9,12-13H2,1-3H3,(H,22,24). The predicted octanol–water partition coefficient (Wildman–Crippen LogP) is 3.67. The molecule has 0 radical (unpaired) electrons. The second-order valence-electron chi connectivity index (χ2n) is 7.42. The molecular weight excluding hydrogens is 300 g/mol. The minimum Gasteiger partial charge on any atom is -0.392 e. The van der Waals surface area contributed by atoms with Crippen molar-refractivity contribution in [1.29, 1.82) is 0 Å². The van der Waals surface area contributed by atoms with E-state index >= 15 is 0 Å². The van der Waals surface area contributed by atoms with Crippen molar-refractivity contribution < 1.29 is 9.90 Å². The quantitative estimate of drug-likeness (QED) is 0.681. The number of hydrogen-bond acceptors (Lipinski definition) is 3. The summed E-state index contributed by atoms with van der Waals surface area (Å²) in [6, 6.07) is 8.00. The van der Waals surface area contributed by atoms with Gasteiger partial charge in [-0.25, -0.2) is 0 Å². The van der Waals surface area contributed by atoms with Gasteiger partial charge in [-0.05, 0) is 43.2 Å². The second kappa shape index (κ2) is 9.19. The zero-order valence-corrected chi connectivity index (χ0v) is 15.2. The number of aliphatic hydroxyl groups excluding tert-OH is 1. The van der Waals surface area contributed by atoms with Gasteiger partial charge in [-0.3, -0.25) is 4.79 Å². The smallest absolute Gasteiger partial charge is 0.225 e. The molecular formula is C20H32N2O2. The van der Waals surface area contributed by atoms with Crippen LogP contribution in [-0.2, 0) is 4.79 Å². The lowest BCUT2D eigenvalue weighted by molar-refractivity contribution is -0.116. The van der Waals surface area contributed by atoms with Crippen LogP contribution >= 0.6 is 0 Å². The van der Waals surface area contributed by atoms with Crippen LogP contribution < -0.4 is 10.6 Å². The Morgan fingerprint density at radius 1 is 1.21 bits per heavy atom. The summed E-state index contributed by atoms with van der Waals surface area (Å²) < 4.78 is 0. The Bertz CT molecular complexity index is 524. The van der Waals surface area contributed by atoms with E-state index in [2.05, 4.69) is 30.5 Å². The molecule has 2 atom stereocenters. The number of para-hydroxylation sites is 1. The van der Waals surface area contributed by atoms with Crippen molar-refractivity contribution >= 4 is 11.6 Å². The maximum atomic E-state index is 12.3. The van der Waals surface area contributed by atoms with Gasteiger partial charge >= 0.3 is 0 Å². The molecule has 1 aliphatic carbocycles. The molecule has 0 aliphatic heterocycles. The summed E-state index contributed by atoms with van der Waals surface area (Å²) >= 11 is 0. The van der Waals surface area contributed by atoms with Crippen molar-refractivity contribution in [3.05, 3.63) is 29.8 Å². The molecule has 2 unspecified atom stereocenters. The number of benzene rings is 1. The summed E-state index contributed by atoms with van der Waals surface area (Å²) in [6.07, 6.45) is 4.83. The van der Waals surface area contributed by atoms with Crippen LogP contribution in [0.1, 0.15) is 64.4 Å². The van der Waals surface area contributed by atoms with E-state index in [0.29, 0.717) is 24.8 Å². The monoisotopic (exact) mass is 332 g/mol. The molecule has 0 saturated heterocycles. The molecule has 134 valence electrons. The van der Waals surface area contributed by atoms with E-state index in [-0.39, 0.29) is 18.1 Å². The van der Waals surface area contributed by atoms with Crippen molar-refractivity contribution in [3.63, 3.8) is 0 Å². The molecule has 1 amide bonds. The fourth-order valence-corrected chi connectivity index (χ4v) is 3.50. The second-order valence-corrected chi connectivity index (χ2v) is 7.42. The molecule has 0 spiro atoms. The Morgan fingerprint density at radius 3 is 2.54 bits per heavy atom. The fourth-order valence-electron chi connectivity index (χ4n) is 3.50. The lowest BCUT2D eigenvalue weighted by Crippen LogP contribution is -2.38. The van der Waals surface area contributed by atoms with Crippen LogP contribution in [0.4, 0.5) is 5.69 Å². The number of carbonyl (C=O) groups excluding carboxylic acids is 1. The lowest BCUT2D eigenvalue weighted by Gasteiger charge is -2.21. The largest absolute Gasteiger partial charge is 0.392 e. The minimum absolute atomic E-state index is 0.0125.